The van der Waals surface area contributed by atoms with Gasteiger partial charge in [0, 0.05) is 38.8 Å². The first-order valence-electron chi connectivity index (χ1n) is 12.5. The van der Waals surface area contributed by atoms with E-state index in [2.05, 4.69) is 4.90 Å². The maximum absolute atomic E-state index is 14.2. The number of nitrogens with zero attached hydrogens (tertiary/aromatic N) is 4. The number of carbonyl (C=O) groups excluding carboxylic acids is 2. The second-order valence-corrected chi connectivity index (χ2v) is 10.5. The lowest BCUT2D eigenvalue weighted by Gasteiger charge is -2.50. The van der Waals surface area contributed by atoms with E-state index in [1.807, 2.05) is 36.4 Å². The molecule has 196 valence electrons. The van der Waals surface area contributed by atoms with Crippen LogP contribution in [0.1, 0.15) is 49.1 Å². The Morgan fingerprint density at radius 2 is 1.78 bits per heavy atom. The van der Waals surface area contributed by atoms with Crippen molar-refractivity contribution in [2.24, 2.45) is 0 Å². The molecule has 37 heavy (non-hydrogen) atoms. The predicted molar refractivity (Wildman–Crippen MR) is 135 cm³/mol. The average Bonchev–Trinajstić information content (AvgIpc) is 2.86. The second kappa shape index (κ2) is 10.8. The SMILES string of the molecule is Cc1c([C@@H]2CN3CCN(C(=O)OCc4ccccc4)C[C@H]3CN2C(=O)OC(C)(C)C)ccc(F)c1C#N. The molecule has 0 unspecified atom stereocenters. The number of fused-ring (bicyclic) bond motifs is 1. The molecular formula is C28H33FN4O4. The van der Waals surface area contributed by atoms with Crippen molar-refractivity contribution in [3.05, 3.63) is 70.5 Å². The zero-order valence-corrected chi connectivity index (χ0v) is 21.7. The quantitative estimate of drug-likeness (QED) is 0.601. The molecule has 0 saturated carbocycles. The van der Waals surface area contributed by atoms with Gasteiger partial charge in [0.2, 0.25) is 0 Å². The third kappa shape index (κ3) is 6.03. The molecule has 2 heterocycles. The number of nitriles is 1. The Kier molecular flexibility index (Phi) is 7.69. The second-order valence-electron chi connectivity index (χ2n) is 10.5. The third-order valence-corrected chi connectivity index (χ3v) is 6.81. The van der Waals surface area contributed by atoms with E-state index >= 15 is 0 Å². The average molecular weight is 509 g/mol. The molecule has 2 amide bonds. The van der Waals surface area contributed by atoms with Crippen LogP contribution in [0, 0.1) is 24.1 Å². The van der Waals surface area contributed by atoms with Crippen molar-refractivity contribution in [2.75, 3.05) is 32.7 Å². The van der Waals surface area contributed by atoms with Gasteiger partial charge in [-0.3, -0.25) is 9.80 Å². The highest BCUT2D eigenvalue weighted by atomic mass is 19.1. The van der Waals surface area contributed by atoms with Gasteiger partial charge in [-0.2, -0.15) is 5.26 Å². The normalized spacial score (nSPS) is 20.1. The lowest BCUT2D eigenvalue weighted by molar-refractivity contribution is -0.0364. The first-order valence-corrected chi connectivity index (χ1v) is 12.5. The van der Waals surface area contributed by atoms with E-state index in [1.54, 1.807) is 43.6 Å². The maximum Gasteiger partial charge on any atom is 0.410 e. The van der Waals surface area contributed by atoms with Gasteiger partial charge in [0.15, 0.2) is 0 Å². The van der Waals surface area contributed by atoms with E-state index in [4.69, 9.17) is 9.47 Å². The maximum atomic E-state index is 14.2. The van der Waals surface area contributed by atoms with Crippen LogP contribution in [0.25, 0.3) is 0 Å². The zero-order valence-electron chi connectivity index (χ0n) is 21.7. The molecule has 0 N–H and O–H groups in total. The molecular weight excluding hydrogens is 475 g/mol. The molecule has 2 aliphatic rings. The summed E-state index contributed by atoms with van der Waals surface area (Å²) in [7, 11) is 0. The van der Waals surface area contributed by atoms with Crippen LogP contribution in [0.4, 0.5) is 14.0 Å². The Bertz CT molecular complexity index is 1190. The van der Waals surface area contributed by atoms with E-state index in [0.717, 1.165) is 5.56 Å². The number of ether oxygens (including phenoxy) is 2. The minimum atomic E-state index is -0.700. The van der Waals surface area contributed by atoms with Crippen molar-refractivity contribution in [3.63, 3.8) is 0 Å². The molecule has 2 aliphatic heterocycles. The van der Waals surface area contributed by atoms with Gasteiger partial charge < -0.3 is 14.4 Å². The molecule has 2 aromatic carbocycles. The molecule has 0 aromatic heterocycles. The van der Waals surface area contributed by atoms with E-state index in [9.17, 15) is 19.2 Å². The minimum Gasteiger partial charge on any atom is -0.445 e. The molecule has 2 aromatic rings. The predicted octanol–water partition coefficient (Wildman–Crippen LogP) is 4.62. The summed E-state index contributed by atoms with van der Waals surface area (Å²) in [4.78, 5) is 31.7. The van der Waals surface area contributed by atoms with Gasteiger partial charge in [-0.05, 0) is 50.5 Å². The Morgan fingerprint density at radius 1 is 1.05 bits per heavy atom. The standard InChI is InChI=1S/C28H33FN4O4/c1-19-22(10-11-24(29)23(19)14-30)25-17-31-12-13-32(26(34)36-18-20-8-6-5-7-9-20)15-21(31)16-33(25)27(35)37-28(2,3)4/h5-11,21,25H,12-13,15-18H2,1-4H3/t21-,25-/m0/s1. The summed E-state index contributed by atoms with van der Waals surface area (Å²) in [6.45, 7) is 9.62. The van der Waals surface area contributed by atoms with Crippen molar-refractivity contribution in [2.45, 2.75) is 52.0 Å². The molecule has 2 atom stereocenters. The highest BCUT2D eigenvalue weighted by molar-refractivity contribution is 5.70. The molecule has 0 radical (unpaired) electrons. The van der Waals surface area contributed by atoms with E-state index in [1.165, 1.54) is 6.07 Å². The van der Waals surface area contributed by atoms with Crippen molar-refractivity contribution in [3.8, 4) is 6.07 Å². The van der Waals surface area contributed by atoms with Gasteiger partial charge in [-0.1, -0.05) is 36.4 Å². The van der Waals surface area contributed by atoms with Gasteiger partial charge in [-0.25, -0.2) is 14.0 Å². The number of hydrogen-bond acceptors (Lipinski definition) is 6. The van der Waals surface area contributed by atoms with Crippen LogP contribution in [-0.4, -0.2) is 71.3 Å². The van der Waals surface area contributed by atoms with Gasteiger partial charge in [0.1, 0.15) is 24.1 Å². The van der Waals surface area contributed by atoms with Gasteiger partial charge in [0.25, 0.3) is 0 Å². The summed E-state index contributed by atoms with van der Waals surface area (Å²) >= 11 is 0. The van der Waals surface area contributed by atoms with E-state index in [0.29, 0.717) is 43.9 Å². The van der Waals surface area contributed by atoms with E-state index < -0.39 is 23.6 Å². The Balaban J connectivity index is 1.53. The molecule has 0 spiro atoms. The van der Waals surface area contributed by atoms with Crippen LogP contribution in [-0.2, 0) is 16.1 Å². The topological polar surface area (TPSA) is 86.1 Å². The summed E-state index contributed by atoms with van der Waals surface area (Å²) in [5.41, 5.74) is 1.43. The summed E-state index contributed by atoms with van der Waals surface area (Å²) < 4.78 is 25.5. The van der Waals surface area contributed by atoms with Crippen LogP contribution in [0.5, 0.6) is 0 Å². The van der Waals surface area contributed by atoms with Crippen LogP contribution >= 0.6 is 0 Å². The first-order chi connectivity index (χ1) is 17.6. The Labute approximate surface area is 217 Å². The molecule has 9 heteroatoms. The van der Waals surface area contributed by atoms with Gasteiger partial charge >= 0.3 is 12.2 Å². The molecule has 2 fully saturated rings. The number of halogens is 1. The fourth-order valence-corrected chi connectivity index (χ4v) is 4.94. The van der Waals surface area contributed by atoms with Gasteiger partial charge in [-0.15, -0.1) is 0 Å². The smallest absolute Gasteiger partial charge is 0.410 e. The van der Waals surface area contributed by atoms with Crippen LogP contribution in [0.3, 0.4) is 0 Å². The van der Waals surface area contributed by atoms with Crippen molar-refractivity contribution >= 4 is 12.2 Å². The van der Waals surface area contributed by atoms with Crippen molar-refractivity contribution < 1.29 is 23.5 Å². The number of piperazine rings is 2. The summed E-state index contributed by atoms with van der Waals surface area (Å²) in [6, 6.07) is 13.8. The monoisotopic (exact) mass is 508 g/mol. The Hall–Kier alpha value is -3.64. The van der Waals surface area contributed by atoms with Gasteiger partial charge in [0.05, 0.1) is 11.6 Å². The van der Waals surface area contributed by atoms with Crippen LogP contribution in [0.15, 0.2) is 42.5 Å². The van der Waals surface area contributed by atoms with Crippen molar-refractivity contribution in [1.82, 2.24) is 14.7 Å². The fourth-order valence-electron chi connectivity index (χ4n) is 4.94. The van der Waals surface area contributed by atoms with E-state index in [-0.39, 0.29) is 24.3 Å². The third-order valence-electron chi connectivity index (χ3n) is 6.81. The highest BCUT2D eigenvalue weighted by Gasteiger charge is 2.42. The number of hydrogen-bond donors (Lipinski definition) is 0. The largest absolute Gasteiger partial charge is 0.445 e. The molecule has 8 nitrogen and oxygen atoms in total. The molecule has 4 rings (SSSR count). The summed E-state index contributed by atoms with van der Waals surface area (Å²) in [6.07, 6.45) is -0.870. The number of carbonyl (C=O) groups is 2. The minimum absolute atomic E-state index is 0.0188. The zero-order chi connectivity index (χ0) is 26.7. The summed E-state index contributed by atoms with van der Waals surface area (Å²) in [5.74, 6) is -0.580. The first kappa shape index (κ1) is 26.4. The Morgan fingerprint density at radius 3 is 2.46 bits per heavy atom. The fraction of sp³-hybridized carbons (Fsp3) is 0.464. The summed E-state index contributed by atoms with van der Waals surface area (Å²) in [5, 5.41) is 9.48. The van der Waals surface area contributed by atoms with Crippen LogP contribution in [0.2, 0.25) is 0 Å². The number of amides is 2. The highest BCUT2D eigenvalue weighted by Crippen LogP contribution is 2.34. The molecule has 2 saturated heterocycles. The number of benzene rings is 2. The molecule has 0 aliphatic carbocycles. The number of rotatable bonds is 3. The van der Waals surface area contributed by atoms with Crippen LogP contribution < -0.4 is 0 Å². The lowest BCUT2D eigenvalue weighted by Crippen LogP contribution is -2.64. The lowest BCUT2D eigenvalue weighted by atomic mass is 9.92. The van der Waals surface area contributed by atoms with Crippen molar-refractivity contribution in [1.29, 1.82) is 5.26 Å². The molecule has 0 bridgehead atoms.